The van der Waals surface area contributed by atoms with E-state index in [9.17, 15) is 9.90 Å². The molecule has 0 aliphatic rings. The minimum absolute atomic E-state index is 0.0573. The SMILES string of the molecule is COc1cccc(/C=N/NC(=O)c2cc(-c3ccc(OCc4ccc(C)cc4)cc3)n[nH]2)c1O. The molecule has 0 atom stereocenters. The molecular weight excluding hydrogens is 432 g/mol. The van der Waals surface area contributed by atoms with Gasteiger partial charge in [0, 0.05) is 11.1 Å². The highest BCUT2D eigenvalue weighted by atomic mass is 16.5. The maximum atomic E-state index is 12.4. The predicted octanol–water partition coefficient (Wildman–Crippen LogP) is 4.44. The van der Waals surface area contributed by atoms with Gasteiger partial charge in [0.2, 0.25) is 0 Å². The summed E-state index contributed by atoms with van der Waals surface area (Å²) in [6.07, 6.45) is 1.34. The quantitative estimate of drug-likeness (QED) is 0.268. The second-order valence-electron chi connectivity index (χ2n) is 7.56. The smallest absolute Gasteiger partial charge is 0.289 e. The molecule has 172 valence electrons. The number of nitrogens with zero attached hydrogens (tertiary/aromatic N) is 2. The first kappa shape index (κ1) is 22.6. The number of aromatic amines is 1. The van der Waals surface area contributed by atoms with Gasteiger partial charge in [-0.05, 0) is 55.0 Å². The lowest BCUT2D eigenvalue weighted by Gasteiger charge is -2.07. The van der Waals surface area contributed by atoms with E-state index in [1.165, 1.54) is 18.9 Å². The van der Waals surface area contributed by atoms with Crippen molar-refractivity contribution in [2.24, 2.45) is 5.10 Å². The number of carbonyl (C=O) groups is 1. The number of methoxy groups -OCH3 is 1. The number of nitrogens with one attached hydrogen (secondary N) is 2. The Balaban J connectivity index is 1.35. The topological polar surface area (TPSA) is 109 Å². The Morgan fingerprint density at radius 1 is 1.12 bits per heavy atom. The number of aryl methyl sites for hydroxylation is 1. The van der Waals surface area contributed by atoms with Crippen molar-refractivity contribution in [3.63, 3.8) is 0 Å². The first-order valence-electron chi connectivity index (χ1n) is 10.6. The third kappa shape index (κ3) is 5.42. The number of hydrogen-bond donors (Lipinski definition) is 3. The highest BCUT2D eigenvalue weighted by molar-refractivity contribution is 5.94. The maximum Gasteiger partial charge on any atom is 0.289 e. The van der Waals surface area contributed by atoms with Crippen LogP contribution in [-0.2, 0) is 6.61 Å². The van der Waals surface area contributed by atoms with Crippen molar-refractivity contribution in [2.75, 3.05) is 7.11 Å². The van der Waals surface area contributed by atoms with Crippen LogP contribution in [0, 0.1) is 6.92 Å². The normalized spacial score (nSPS) is 10.9. The molecule has 34 heavy (non-hydrogen) atoms. The Hall–Kier alpha value is -4.59. The van der Waals surface area contributed by atoms with E-state index in [4.69, 9.17) is 9.47 Å². The Labute approximate surface area is 196 Å². The van der Waals surface area contributed by atoms with E-state index < -0.39 is 5.91 Å². The highest BCUT2D eigenvalue weighted by Crippen LogP contribution is 2.28. The zero-order valence-corrected chi connectivity index (χ0v) is 18.8. The fourth-order valence-electron chi connectivity index (χ4n) is 3.19. The van der Waals surface area contributed by atoms with Crippen LogP contribution in [0.1, 0.15) is 27.2 Å². The summed E-state index contributed by atoms with van der Waals surface area (Å²) in [5.74, 6) is 0.543. The Morgan fingerprint density at radius 3 is 2.62 bits per heavy atom. The summed E-state index contributed by atoms with van der Waals surface area (Å²) in [6.45, 7) is 2.54. The molecule has 1 heterocycles. The average molecular weight is 457 g/mol. The van der Waals surface area contributed by atoms with E-state index in [-0.39, 0.29) is 11.4 Å². The predicted molar refractivity (Wildman–Crippen MR) is 129 cm³/mol. The van der Waals surface area contributed by atoms with Crippen LogP contribution >= 0.6 is 0 Å². The molecule has 8 heteroatoms. The molecule has 1 amide bonds. The molecule has 0 unspecified atom stereocenters. The third-order valence-electron chi connectivity index (χ3n) is 5.12. The van der Waals surface area contributed by atoms with Crippen molar-refractivity contribution in [1.82, 2.24) is 15.6 Å². The minimum Gasteiger partial charge on any atom is -0.504 e. The highest BCUT2D eigenvalue weighted by Gasteiger charge is 2.11. The van der Waals surface area contributed by atoms with Crippen LogP contribution in [0.2, 0.25) is 0 Å². The number of carbonyl (C=O) groups excluding carboxylic acids is 1. The molecule has 8 nitrogen and oxygen atoms in total. The number of aromatic hydroxyl groups is 1. The van der Waals surface area contributed by atoms with Gasteiger partial charge in [0.1, 0.15) is 18.1 Å². The molecule has 0 fully saturated rings. The van der Waals surface area contributed by atoms with Crippen LogP contribution in [0.15, 0.2) is 77.9 Å². The number of phenolic OH excluding ortho intramolecular Hbond substituents is 1. The monoisotopic (exact) mass is 456 g/mol. The number of hydrazone groups is 1. The van der Waals surface area contributed by atoms with E-state index in [1.807, 2.05) is 36.4 Å². The Kier molecular flexibility index (Phi) is 6.88. The molecule has 3 aromatic carbocycles. The van der Waals surface area contributed by atoms with E-state index in [2.05, 4.69) is 39.8 Å². The summed E-state index contributed by atoms with van der Waals surface area (Å²) in [5, 5.41) is 20.9. The summed E-state index contributed by atoms with van der Waals surface area (Å²) in [4.78, 5) is 12.4. The maximum absolute atomic E-state index is 12.4. The third-order valence-corrected chi connectivity index (χ3v) is 5.12. The standard InChI is InChI=1S/C26H24N4O4/c1-17-6-8-18(9-7-17)16-34-21-12-10-19(11-13-21)22-14-23(29-28-22)26(32)30-27-15-20-4-3-5-24(33-2)25(20)31/h3-15,31H,16H2,1-2H3,(H,28,29)(H,30,32)/b27-15+. The summed E-state index contributed by atoms with van der Waals surface area (Å²) in [5.41, 5.74) is 6.83. The summed E-state index contributed by atoms with van der Waals surface area (Å²) in [6, 6.07) is 22.3. The van der Waals surface area contributed by atoms with Crippen LogP contribution in [0.5, 0.6) is 17.2 Å². The number of benzene rings is 3. The van der Waals surface area contributed by atoms with Crippen molar-refractivity contribution >= 4 is 12.1 Å². The lowest BCUT2D eigenvalue weighted by molar-refractivity contribution is 0.0950. The summed E-state index contributed by atoms with van der Waals surface area (Å²) >= 11 is 0. The number of amides is 1. The molecule has 1 aromatic heterocycles. The van der Waals surface area contributed by atoms with Gasteiger partial charge in [0.15, 0.2) is 11.5 Å². The van der Waals surface area contributed by atoms with Crippen molar-refractivity contribution < 1.29 is 19.4 Å². The number of phenols is 1. The van der Waals surface area contributed by atoms with Gasteiger partial charge in [-0.1, -0.05) is 35.9 Å². The van der Waals surface area contributed by atoms with Crippen LogP contribution < -0.4 is 14.9 Å². The fourth-order valence-corrected chi connectivity index (χ4v) is 3.19. The number of ether oxygens (including phenoxy) is 2. The molecule has 4 rings (SSSR count). The van der Waals surface area contributed by atoms with E-state index in [1.54, 1.807) is 24.3 Å². The molecule has 0 saturated heterocycles. The molecule has 0 aliphatic carbocycles. The van der Waals surface area contributed by atoms with Crippen LogP contribution in [0.4, 0.5) is 0 Å². The number of para-hydroxylation sites is 1. The van der Waals surface area contributed by atoms with Gasteiger partial charge in [-0.25, -0.2) is 5.43 Å². The van der Waals surface area contributed by atoms with Gasteiger partial charge < -0.3 is 14.6 Å². The molecular formula is C26H24N4O4. The van der Waals surface area contributed by atoms with E-state index in [0.717, 1.165) is 16.9 Å². The lowest BCUT2D eigenvalue weighted by atomic mass is 10.1. The molecule has 0 saturated carbocycles. The van der Waals surface area contributed by atoms with Gasteiger partial charge in [0.25, 0.3) is 5.91 Å². The van der Waals surface area contributed by atoms with Crippen molar-refractivity contribution in [1.29, 1.82) is 0 Å². The Morgan fingerprint density at radius 2 is 1.88 bits per heavy atom. The van der Waals surface area contributed by atoms with E-state index >= 15 is 0 Å². The van der Waals surface area contributed by atoms with Crippen molar-refractivity contribution in [3.05, 3.63) is 95.2 Å². The first-order valence-corrected chi connectivity index (χ1v) is 10.6. The van der Waals surface area contributed by atoms with E-state index in [0.29, 0.717) is 23.6 Å². The van der Waals surface area contributed by atoms with Gasteiger partial charge in [0.05, 0.1) is 19.0 Å². The zero-order chi connectivity index (χ0) is 23.9. The average Bonchev–Trinajstić information content (AvgIpc) is 3.35. The van der Waals surface area contributed by atoms with Gasteiger partial charge in [-0.15, -0.1) is 0 Å². The number of aromatic nitrogens is 2. The largest absolute Gasteiger partial charge is 0.504 e. The second-order valence-corrected chi connectivity index (χ2v) is 7.56. The number of rotatable bonds is 8. The number of H-pyrrole nitrogens is 1. The fraction of sp³-hybridized carbons (Fsp3) is 0.115. The second kappa shape index (κ2) is 10.4. The Bertz CT molecular complexity index is 1300. The van der Waals surface area contributed by atoms with Crippen molar-refractivity contribution in [2.45, 2.75) is 13.5 Å². The van der Waals surface area contributed by atoms with Crippen LogP contribution in [-0.4, -0.2) is 34.5 Å². The molecule has 0 bridgehead atoms. The van der Waals surface area contributed by atoms with Crippen LogP contribution in [0.25, 0.3) is 11.3 Å². The molecule has 0 aliphatic heterocycles. The minimum atomic E-state index is -0.463. The molecule has 3 N–H and O–H groups in total. The lowest BCUT2D eigenvalue weighted by Crippen LogP contribution is -2.18. The molecule has 0 spiro atoms. The van der Waals surface area contributed by atoms with Gasteiger partial charge in [-0.3, -0.25) is 9.89 Å². The van der Waals surface area contributed by atoms with Crippen molar-refractivity contribution in [3.8, 4) is 28.5 Å². The van der Waals surface area contributed by atoms with Gasteiger partial charge >= 0.3 is 0 Å². The zero-order valence-electron chi connectivity index (χ0n) is 18.8. The number of hydrogen-bond acceptors (Lipinski definition) is 6. The summed E-state index contributed by atoms with van der Waals surface area (Å²) < 4.78 is 10.9. The van der Waals surface area contributed by atoms with Gasteiger partial charge in [-0.2, -0.15) is 10.2 Å². The molecule has 0 radical (unpaired) electrons. The summed E-state index contributed by atoms with van der Waals surface area (Å²) in [7, 11) is 1.46. The van der Waals surface area contributed by atoms with Crippen LogP contribution in [0.3, 0.4) is 0 Å². The molecule has 4 aromatic rings. The first-order chi connectivity index (χ1) is 16.5.